The maximum absolute atomic E-state index is 12.1. The summed E-state index contributed by atoms with van der Waals surface area (Å²) in [5.74, 6) is -1.02. The molecule has 6 nitrogen and oxygen atoms in total. The first-order valence-corrected chi connectivity index (χ1v) is 6.85. The van der Waals surface area contributed by atoms with Gasteiger partial charge in [-0.3, -0.25) is 0 Å². The molecule has 0 radical (unpaired) electrons. The van der Waals surface area contributed by atoms with Gasteiger partial charge < -0.3 is 20.1 Å². The van der Waals surface area contributed by atoms with Crippen molar-refractivity contribution < 1.29 is 19.4 Å². The Labute approximate surface area is 114 Å². The van der Waals surface area contributed by atoms with Crippen molar-refractivity contribution in [1.29, 1.82) is 0 Å². The van der Waals surface area contributed by atoms with Crippen LogP contribution in [0.5, 0.6) is 0 Å². The highest BCUT2D eigenvalue weighted by atomic mass is 16.5. The molecule has 2 N–H and O–H groups in total. The molecule has 19 heavy (non-hydrogen) atoms. The molecule has 0 bridgehead atoms. The van der Waals surface area contributed by atoms with Gasteiger partial charge in [0.05, 0.1) is 6.10 Å². The largest absolute Gasteiger partial charge is 0.480 e. The summed E-state index contributed by atoms with van der Waals surface area (Å²) in [4.78, 5) is 24.9. The molecule has 1 saturated heterocycles. The van der Waals surface area contributed by atoms with Gasteiger partial charge in [-0.05, 0) is 33.1 Å². The van der Waals surface area contributed by atoms with Crippen LogP contribution in [0.15, 0.2) is 0 Å². The molecule has 0 saturated carbocycles. The fraction of sp³-hybridized carbons (Fsp3) is 0.846. The molecule has 2 amide bonds. The molecular formula is C13H24N2O4. The summed E-state index contributed by atoms with van der Waals surface area (Å²) >= 11 is 0. The second-order valence-electron chi connectivity index (χ2n) is 5.09. The van der Waals surface area contributed by atoms with E-state index in [0.29, 0.717) is 19.5 Å². The third-order valence-electron chi connectivity index (χ3n) is 3.68. The molecule has 1 rings (SSSR count). The monoisotopic (exact) mass is 272 g/mol. The lowest BCUT2D eigenvalue weighted by Crippen LogP contribution is -2.56. The number of aliphatic carboxylic acids is 1. The molecule has 0 aromatic carbocycles. The van der Waals surface area contributed by atoms with E-state index in [1.807, 2.05) is 6.92 Å². The van der Waals surface area contributed by atoms with E-state index < -0.39 is 11.5 Å². The van der Waals surface area contributed by atoms with Crippen molar-refractivity contribution in [2.75, 3.05) is 19.7 Å². The topological polar surface area (TPSA) is 78.9 Å². The molecule has 1 aliphatic rings. The highest BCUT2D eigenvalue weighted by molar-refractivity contribution is 5.85. The van der Waals surface area contributed by atoms with E-state index >= 15 is 0 Å². The second kappa shape index (κ2) is 6.75. The van der Waals surface area contributed by atoms with Crippen molar-refractivity contribution in [1.82, 2.24) is 10.2 Å². The number of ether oxygens (including phenoxy) is 1. The Morgan fingerprint density at radius 2 is 2.16 bits per heavy atom. The van der Waals surface area contributed by atoms with Gasteiger partial charge in [-0.1, -0.05) is 6.92 Å². The van der Waals surface area contributed by atoms with Crippen LogP contribution in [-0.2, 0) is 9.53 Å². The molecule has 0 spiro atoms. The Hall–Kier alpha value is -1.30. The molecule has 1 aliphatic heterocycles. The summed E-state index contributed by atoms with van der Waals surface area (Å²) in [6.07, 6.45) is 2.38. The van der Waals surface area contributed by atoms with Crippen molar-refractivity contribution in [3.8, 4) is 0 Å². The molecule has 6 heteroatoms. The number of carbonyl (C=O) groups excluding carboxylic acids is 1. The lowest BCUT2D eigenvalue weighted by Gasteiger charge is -2.30. The number of nitrogens with one attached hydrogen (secondary N) is 1. The van der Waals surface area contributed by atoms with Gasteiger partial charge in [-0.2, -0.15) is 0 Å². The third kappa shape index (κ3) is 4.09. The predicted molar refractivity (Wildman–Crippen MR) is 71.1 cm³/mol. The molecule has 0 aromatic rings. The van der Waals surface area contributed by atoms with Crippen LogP contribution in [0.2, 0.25) is 0 Å². The molecule has 1 heterocycles. The lowest BCUT2D eigenvalue weighted by molar-refractivity contribution is -0.143. The number of nitrogens with zero attached hydrogens (tertiary/aromatic N) is 1. The van der Waals surface area contributed by atoms with E-state index in [0.717, 1.165) is 19.4 Å². The van der Waals surface area contributed by atoms with Gasteiger partial charge in [0.1, 0.15) is 5.54 Å². The van der Waals surface area contributed by atoms with E-state index in [1.165, 1.54) is 6.92 Å². The number of amides is 2. The number of hydrogen-bond donors (Lipinski definition) is 2. The van der Waals surface area contributed by atoms with Gasteiger partial charge in [-0.15, -0.1) is 0 Å². The van der Waals surface area contributed by atoms with Crippen LogP contribution in [-0.4, -0.2) is 53.3 Å². The molecule has 0 aromatic heterocycles. The number of urea groups is 1. The van der Waals surface area contributed by atoms with Gasteiger partial charge in [-0.25, -0.2) is 9.59 Å². The predicted octanol–water partition coefficient (Wildman–Crippen LogP) is 1.45. The third-order valence-corrected chi connectivity index (χ3v) is 3.68. The SMILES string of the molecule is CCN(CC1CCCO1)C(=O)NC(C)(CC)C(=O)O. The van der Waals surface area contributed by atoms with Gasteiger partial charge in [0.15, 0.2) is 0 Å². The van der Waals surface area contributed by atoms with Crippen molar-refractivity contribution >= 4 is 12.0 Å². The van der Waals surface area contributed by atoms with E-state index in [2.05, 4.69) is 5.32 Å². The zero-order valence-corrected chi connectivity index (χ0v) is 11.9. The number of carboxylic acids is 1. The van der Waals surface area contributed by atoms with Crippen LogP contribution >= 0.6 is 0 Å². The van der Waals surface area contributed by atoms with Crippen LogP contribution in [0, 0.1) is 0 Å². The smallest absolute Gasteiger partial charge is 0.329 e. The minimum atomic E-state index is -1.22. The number of likely N-dealkylation sites (N-methyl/N-ethyl adjacent to an activating group) is 1. The molecule has 0 aliphatic carbocycles. The average Bonchev–Trinajstić information content (AvgIpc) is 2.88. The second-order valence-corrected chi connectivity index (χ2v) is 5.09. The first-order valence-electron chi connectivity index (χ1n) is 6.85. The zero-order valence-electron chi connectivity index (χ0n) is 11.9. The number of hydrogen-bond acceptors (Lipinski definition) is 3. The maximum atomic E-state index is 12.1. The lowest BCUT2D eigenvalue weighted by atomic mass is 10.00. The summed E-state index contributed by atoms with van der Waals surface area (Å²) < 4.78 is 5.50. The standard InChI is InChI=1S/C13H24N2O4/c1-4-13(3,11(16)17)14-12(18)15(5-2)9-10-7-6-8-19-10/h10H,4-9H2,1-3H3,(H,14,18)(H,16,17). The van der Waals surface area contributed by atoms with Crippen LogP contribution in [0.25, 0.3) is 0 Å². The van der Waals surface area contributed by atoms with Crippen molar-refractivity contribution in [3.63, 3.8) is 0 Å². The highest BCUT2D eigenvalue weighted by Gasteiger charge is 2.34. The summed E-state index contributed by atoms with van der Waals surface area (Å²) in [6, 6.07) is -0.343. The number of rotatable bonds is 6. The summed E-state index contributed by atoms with van der Waals surface area (Å²) in [5.41, 5.74) is -1.22. The fourth-order valence-corrected chi connectivity index (χ4v) is 2.00. The normalized spacial score (nSPS) is 21.7. The van der Waals surface area contributed by atoms with E-state index in [9.17, 15) is 9.59 Å². The van der Waals surface area contributed by atoms with Crippen molar-refractivity contribution in [2.45, 2.75) is 51.7 Å². The van der Waals surface area contributed by atoms with Gasteiger partial charge in [0.25, 0.3) is 0 Å². The number of carboxylic acid groups (broad SMARTS) is 1. The van der Waals surface area contributed by atoms with Crippen LogP contribution in [0.3, 0.4) is 0 Å². The van der Waals surface area contributed by atoms with Crippen LogP contribution in [0.1, 0.15) is 40.0 Å². The molecule has 1 fully saturated rings. The first kappa shape index (κ1) is 15.8. The molecule has 2 atom stereocenters. The Morgan fingerprint density at radius 3 is 2.58 bits per heavy atom. The van der Waals surface area contributed by atoms with E-state index in [4.69, 9.17) is 9.84 Å². The quantitative estimate of drug-likeness (QED) is 0.767. The van der Waals surface area contributed by atoms with Gasteiger partial charge in [0, 0.05) is 19.7 Å². The van der Waals surface area contributed by atoms with Gasteiger partial charge >= 0.3 is 12.0 Å². The zero-order chi connectivity index (χ0) is 14.5. The minimum absolute atomic E-state index is 0.0726. The molecular weight excluding hydrogens is 248 g/mol. The minimum Gasteiger partial charge on any atom is -0.480 e. The van der Waals surface area contributed by atoms with Crippen LogP contribution < -0.4 is 5.32 Å². The summed E-state index contributed by atoms with van der Waals surface area (Å²) in [7, 11) is 0. The van der Waals surface area contributed by atoms with Crippen molar-refractivity contribution in [3.05, 3.63) is 0 Å². The van der Waals surface area contributed by atoms with Crippen molar-refractivity contribution in [2.24, 2.45) is 0 Å². The van der Waals surface area contributed by atoms with E-state index in [-0.39, 0.29) is 12.1 Å². The maximum Gasteiger partial charge on any atom is 0.329 e. The van der Waals surface area contributed by atoms with Gasteiger partial charge in [0.2, 0.25) is 0 Å². The first-order chi connectivity index (χ1) is 8.92. The highest BCUT2D eigenvalue weighted by Crippen LogP contribution is 2.15. The summed E-state index contributed by atoms with van der Waals surface area (Å²) in [6.45, 7) is 6.93. The van der Waals surface area contributed by atoms with Crippen LogP contribution in [0.4, 0.5) is 4.79 Å². The average molecular weight is 272 g/mol. The fourth-order valence-electron chi connectivity index (χ4n) is 2.00. The Bertz CT molecular complexity index is 329. The molecule has 110 valence electrons. The Kier molecular flexibility index (Phi) is 5.60. The Morgan fingerprint density at radius 1 is 1.47 bits per heavy atom. The van der Waals surface area contributed by atoms with E-state index in [1.54, 1.807) is 11.8 Å². The Balaban J connectivity index is 2.59. The summed E-state index contributed by atoms with van der Waals surface area (Å²) in [5, 5.41) is 11.8. The number of carbonyl (C=O) groups is 2. The molecule has 2 unspecified atom stereocenters.